The van der Waals surface area contributed by atoms with E-state index in [1.807, 2.05) is 13.0 Å². The van der Waals surface area contributed by atoms with Crippen molar-refractivity contribution in [3.8, 4) is 5.75 Å². The Morgan fingerprint density at radius 3 is 3.00 bits per heavy atom. The number of pyridine rings is 1. The van der Waals surface area contributed by atoms with Crippen molar-refractivity contribution in [1.82, 2.24) is 19.9 Å². The Hall–Kier alpha value is -3.23. The van der Waals surface area contributed by atoms with Crippen molar-refractivity contribution in [2.24, 2.45) is 0 Å². The van der Waals surface area contributed by atoms with Gasteiger partial charge in [0.15, 0.2) is 0 Å². The normalized spacial score (nSPS) is 17.0. The number of nitrogens with zero attached hydrogens (tertiary/aromatic N) is 4. The van der Waals surface area contributed by atoms with Crippen molar-refractivity contribution >= 4 is 22.8 Å². The van der Waals surface area contributed by atoms with Crippen LogP contribution in [0.2, 0.25) is 0 Å². The first-order valence-electron chi connectivity index (χ1n) is 9.97. The van der Waals surface area contributed by atoms with Crippen molar-refractivity contribution in [2.75, 3.05) is 18.7 Å². The molecule has 0 aromatic carbocycles. The molecule has 0 spiro atoms. The van der Waals surface area contributed by atoms with E-state index in [1.165, 1.54) is 0 Å². The van der Waals surface area contributed by atoms with Gasteiger partial charge in [-0.3, -0.25) is 9.78 Å². The number of aromatic nitrogens is 3. The van der Waals surface area contributed by atoms with Gasteiger partial charge >= 0.3 is 0 Å². The first-order valence-corrected chi connectivity index (χ1v) is 9.97. The van der Waals surface area contributed by atoms with Crippen molar-refractivity contribution in [2.45, 2.75) is 45.2 Å². The van der Waals surface area contributed by atoms with Gasteiger partial charge in [-0.05, 0) is 45.2 Å². The Kier molecular flexibility index (Phi) is 4.34. The summed E-state index contributed by atoms with van der Waals surface area (Å²) < 4.78 is 23.4. The Morgan fingerprint density at radius 2 is 2.23 bits per heavy atom. The summed E-state index contributed by atoms with van der Waals surface area (Å²) in [6.45, 7) is 3.80. The lowest BCUT2D eigenvalue weighted by Gasteiger charge is -2.28. The molecule has 3 aromatic heterocycles. The third-order valence-corrected chi connectivity index (χ3v) is 5.70. The largest absolute Gasteiger partial charge is 0.463 e. The van der Waals surface area contributed by atoms with Gasteiger partial charge in [0.25, 0.3) is 5.91 Å². The second kappa shape index (κ2) is 6.93. The highest BCUT2D eigenvalue weighted by Gasteiger charge is 2.38. The van der Waals surface area contributed by atoms with Gasteiger partial charge in [-0.1, -0.05) is 0 Å². The zero-order chi connectivity index (χ0) is 20.9. The maximum atomic E-state index is 13.2. The van der Waals surface area contributed by atoms with Crippen LogP contribution in [0.15, 0.2) is 22.7 Å². The third-order valence-electron chi connectivity index (χ3n) is 5.70. The van der Waals surface area contributed by atoms with Crippen LogP contribution in [-0.4, -0.2) is 44.7 Å². The molecule has 0 saturated heterocycles. The average Bonchev–Trinajstić information content (AvgIpc) is 3.33. The van der Waals surface area contributed by atoms with Gasteiger partial charge in [-0.15, -0.1) is 0 Å². The average molecular weight is 411 g/mol. The highest BCUT2D eigenvalue weighted by Crippen LogP contribution is 2.39. The first-order chi connectivity index (χ1) is 14.5. The van der Waals surface area contributed by atoms with E-state index in [2.05, 4.69) is 27.2 Å². The van der Waals surface area contributed by atoms with Crippen molar-refractivity contribution < 1.29 is 18.3 Å². The van der Waals surface area contributed by atoms with E-state index in [0.717, 1.165) is 23.8 Å². The summed E-state index contributed by atoms with van der Waals surface area (Å²) in [7, 11) is 0. The van der Waals surface area contributed by atoms with Gasteiger partial charge in [0.05, 0.1) is 17.6 Å². The van der Waals surface area contributed by atoms with Crippen LogP contribution in [0.3, 0.4) is 0 Å². The molecule has 9 heteroatoms. The predicted molar refractivity (Wildman–Crippen MR) is 107 cm³/mol. The Bertz CT molecular complexity index is 1140. The standard InChI is InChI=1S/C21H22FN5O3/c1-12-9-14-17(26-21(2)5-6-21)24-18(25-19(14)30-12)20(28)27-8-4-13-15(10-27)23-7-3-16(13)29-11-22/h3,7,9H,4-6,8,10-11H2,1-2H3,(H,24,25,26). The summed E-state index contributed by atoms with van der Waals surface area (Å²) in [5, 5.41) is 4.21. The van der Waals surface area contributed by atoms with Crippen LogP contribution in [0.4, 0.5) is 10.2 Å². The molecule has 0 bridgehead atoms. The SMILES string of the molecule is Cc1cc2c(NC3(C)CC3)nc(C(=O)N3CCc4c(OCF)ccnc4C3)nc2o1. The van der Waals surface area contributed by atoms with Gasteiger partial charge in [0.2, 0.25) is 18.4 Å². The number of amides is 1. The lowest BCUT2D eigenvalue weighted by Crippen LogP contribution is -2.37. The molecule has 0 unspecified atom stereocenters. The minimum atomic E-state index is -0.899. The topological polar surface area (TPSA) is 93.4 Å². The van der Waals surface area contributed by atoms with Crippen LogP contribution in [0.5, 0.6) is 5.75 Å². The van der Waals surface area contributed by atoms with E-state index >= 15 is 0 Å². The lowest BCUT2D eigenvalue weighted by atomic mass is 10.0. The number of halogens is 1. The monoisotopic (exact) mass is 411 g/mol. The van der Waals surface area contributed by atoms with Gasteiger partial charge < -0.3 is 19.4 Å². The number of ether oxygens (including phenoxy) is 1. The van der Waals surface area contributed by atoms with Crippen molar-refractivity contribution in [3.63, 3.8) is 0 Å². The van der Waals surface area contributed by atoms with Gasteiger partial charge in [0.1, 0.15) is 17.3 Å². The van der Waals surface area contributed by atoms with Gasteiger partial charge in [0, 0.05) is 23.8 Å². The maximum Gasteiger partial charge on any atom is 0.292 e. The maximum absolute atomic E-state index is 13.2. The highest BCUT2D eigenvalue weighted by atomic mass is 19.1. The number of anilines is 1. The van der Waals surface area contributed by atoms with Crippen molar-refractivity contribution in [3.05, 3.63) is 41.2 Å². The quantitative estimate of drug-likeness (QED) is 0.688. The number of hydrogen-bond acceptors (Lipinski definition) is 7. The molecule has 2 aliphatic rings. The number of fused-ring (bicyclic) bond motifs is 2. The molecule has 4 heterocycles. The molecule has 1 fully saturated rings. The Labute approximate surface area is 172 Å². The van der Waals surface area contributed by atoms with E-state index in [9.17, 15) is 9.18 Å². The number of alkyl halides is 1. The van der Waals surface area contributed by atoms with Crippen LogP contribution in [-0.2, 0) is 13.0 Å². The predicted octanol–water partition coefficient (Wildman–Crippen LogP) is 3.39. The van der Waals surface area contributed by atoms with Crippen molar-refractivity contribution in [1.29, 1.82) is 0 Å². The molecular weight excluding hydrogens is 389 g/mol. The lowest BCUT2D eigenvalue weighted by molar-refractivity contribution is 0.0717. The number of aryl methyl sites for hydroxylation is 1. The molecule has 0 radical (unpaired) electrons. The van der Waals surface area contributed by atoms with Crippen LogP contribution in [0.25, 0.3) is 11.1 Å². The summed E-state index contributed by atoms with van der Waals surface area (Å²) >= 11 is 0. The molecular formula is C21H22FN5O3. The summed E-state index contributed by atoms with van der Waals surface area (Å²) in [5.74, 6) is 1.60. The number of furan rings is 1. The van der Waals surface area contributed by atoms with Gasteiger partial charge in [-0.25, -0.2) is 9.37 Å². The molecule has 8 nitrogen and oxygen atoms in total. The second-order valence-electron chi connectivity index (χ2n) is 8.12. The number of rotatable bonds is 5. The van der Waals surface area contributed by atoms with E-state index in [4.69, 9.17) is 9.15 Å². The molecule has 1 aliphatic heterocycles. The molecule has 1 amide bonds. The smallest absolute Gasteiger partial charge is 0.292 e. The number of hydrogen-bond donors (Lipinski definition) is 1. The van der Waals surface area contributed by atoms with E-state index in [1.54, 1.807) is 17.2 Å². The summed E-state index contributed by atoms with van der Waals surface area (Å²) in [4.78, 5) is 28.1. The fourth-order valence-corrected chi connectivity index (χ4v) is 3.77. The summed E-state index contributed by atoms with van der Waals surface area (Å²) in [6.07, 6.45) is 4.19. The zero-order valence-corrected chi connectivity index (χ0v) is 16.9. The summed E-state index contributed by atoms with van der Waals surface area (Å²) in [6, 6.07) is 3.52. The molecule has 1 saturated carbocycles. The van der Waals surface area contributed by atoms with Crippen LogP contribution < -0.4 is 10.1 Å². The molecule has 1 aliphatic carbocycles. The second-order valence-corrected chi connectivity index (χ2v) is 8.12. The van der Waals surface area contributed by atoms with E-state index in [-0.39, 0.29) is 23.8 Å². The molecule has 1 N–H and O–H groups in total. The first kappa shape index (κ1) is 18.8. The van der Waals surface area contributed by atoms with Crippen LogP contribution in [0.1, 0.15) is 47.4 Å². The zero-order valence-electron chi connectivity index (χ0n) is 16.9. The number of carbonyl (C=O) groups excluding carboxylic acids is 1. The fraction of sp³-hybridized carbons (Fsp3) is 0.429. The van der Waals surface area contributed by atoms with Crippen LogP contribution in [0, 0.1) is 6.92 Å². The molecule has 3 aromatic rings. The Balaban J connectivity index is 1.46. The third kappa shape index (κ3) is 3.34. The summed E-state index contributed by atoms with van der Waals surface area (Å²) in [5.41, 5.74) is 1.92. The minimum absolute atomic E-state index is 0.00637. The van der Waals surface area contributed by atoms with Crippen LogP contribution >= 0.6 is 0 Å². The Morgan fingerprint density at radius 1 is 1.40 bits per heavy atom. The van der Waals surface area contributed by atoms with E-state index in [0.29, 0.717) is 41.7 Å². The minimum Gasteiger partial charge on any atom is -0.463 e. The number of carbonyl (C=O) groups is 1. The molecule has 30 heavy (non-hydrogen) atoms. The van der Waals surface area contributed by atoms with Gasteiger partial charge in [-0.2, -0.15) is 4.98 Å². The number of nitrogens with one attached hydrogen (secondary N) is 1. The fourth-order valence-electron chi connectivity index (χ4n) is 3.77. The molecule has 5 rings (SSSR count). The highest BCUT2D eigenvalue weighted by molar-refractivity contribution is 5.95. The van der Waals surface area contributed by atoms with E-state index < -0.39 is 6.86 Å². The molecule has 0 atom stereocenters. The molecule has 156 valence electrons.